The summed E-state index contributed by atoms with van der Waals surface area (Å²) in [6.07, 6.45) is 9.98. The molecule has 1 aromatic heterocycles. The summed E-state index contributed by atoms with van der Waals surface area (Å²) in [6.45, 7) is 4.53. The van der Waals surface area contributed by atoms with Crippen LogP contribution in [0.4, 0.5) is 4.39 Å². The number of hydrogen-bond acceptors (Lipinski definition) is 4. The number of benzene rings is 1. The third-order valence-corrected chi connectivity index (χ3v) is 6.76. The van der Waals surface area contributed by atoms with Crippen molar-refractivity contribution in [3.05, 3.63) is 54.4 Å². The minimum absolute atomic E-state index is 0.0561. The number of piperidine rings is 2. The molecule has 0 unspecified atom stereocenters. The summed E-state index contributed by atoms with van der Waals surface area (Å²) >= 11 is 0. The second-order valence-electron chi connectivity index (χ2n) is 8.78. The maximum Gasteiger partial charge on any atom is 0.221 e. The van der Waals surface area contributed by atoms with Gasteiger partial charge in [-0.1, -0.05) is 12.1 Å². The van der Waals surface area contributed by atoms with E-state index in [4.69, 9.17) is 0 Å². The molecule has 0 saturated carbocycles. The Morgan fingerprint density at radius 1 is 1.23 bits per heavy atom. The summed E-state index contributed by atoms with van der Waals surface area (Å²) < 4.78 is 16.1. The number of imidazole rings is 1. The standard InChI is InChI=1S/C23H32FN5O/c1-27-14-8-23(9-15-27,19-3-2-4-20(24)17-19)26-22(30)7-13-28-11-5-21(6-12-28)29-16-10-25-18-29/h2-4,10,16-18,21H,5-9,11-15H2,1H3,(H,26,30). The normalized spacial score (nSPS) is 20.9. The summed E-state index contributed by atoms with van der Waals surface area (Å²) in [5, 5.41) is 3.30. The quantitative estimate of drug-likeness (QED) is 0.791. The van der Waals surface area contributed by atoms with Crippen molar-refractivity contribution in [2.75, 3.05) is 39.8 Å². The highest BCUT2D eigenvalue weighted by Gasteiger charge is 2.37. The van der Waals surface area contributed by atoms with Gasteiger partial charge < -0.3 is 19.7 Å². The van der Waals surface area contributed by atoms with E-state index in [1.165, 1.54) is 6.07 Å². The molecule has 1 aromatic carbocycles. The van der Waals surface area contributed by atoms with Crippen molar-refractivity contribution in [3.63, 3.8) is 0 Å². The molecule has 4 rings (SSSR count). The molecule has 0 radical (unpaired) electrons. The number of nitrogens with zero attached hydrogens (tertiary/aromatic N) is 4. The van der Waals surface area contributed by atoms with Gasteiger partial charge in [-0.15, -0.1) is 0 Å². The Labute approximate surface area is 178 Å². The molecule has 0 atom stereocenters. The molecule has 2 aliphatic rings. The predicted molar refractivity (Wildman–Crippen MR) is 115 cm³/mol. The summed E-state index contributed by atoms with van der Waals surface area (Å²) in [5.41, 5.74) is 0.408. The Morgan fingerprint density at radius 3 is 2.67 bits per heavy atom. The minimum atomic E-state index is -0.472. The number of likely N-dealkylation sites (tertiary alicyclic amines) is 2. The molecule has 2 aromatic rings. The number of hydrogen-bond donors (Lipinski definition) is 1. The molecule has 0 spiro atoms. The molecule has 1 N–H and O–H groups in total. The lowest BCUT2D eigenvalue weighted by Crippen LogP contribution is -2.53. The van der Waals surface area contributed by atoms with Gasteiger partial charge in [0.2, 0.25) is 5.91 Å². The molecule has 2 aliphatic heterocycles. The molecule has 30 heavy (non-hydrogen) atoms. The average molecular weight is 414 g/mol. The minimum Gasteiger partial charge on any atom is -0.346 e. The second-order valence-corrected chi connectivity index (χ2v) is 8.78. The van der Waals surface area contributed by atoms with Crippen molar-refractivity contribution in [2.45, 2.75) is 43.7 Å². The van der Waals surface area contributed by atoms with Crippen LogP contribution in [-0.2, 0) is 10.3 Å². The van der Waals surface area contributed by atoms with Crippen molar-refractivity contribution < 1.29 is 9.18 Å². The summed E-state index contributed by atoms with van der Waals surface area (Å²) in [7, 11) is 2.09. The molecule has 162 valence electrons. The van der Waals surface area contributed by atoms with Crippen LogP contribution >= 0.6 is 0 Å². The molecular formula is C23H32FN5O. The Balaban J connectivity index is 1.32. The van der Waals surface area contributed by atoms with Gasteiger partial charge >= 0.3 is 0 Å². The number of aromatic nitrogens is 2. The van der Waals surface area contributed by atoms with Gasteiger partial charge in [0.15, 0.2) is 0 Å². The van der Waals surface area contributed by atoms with E-state index in [0.29, 0.717) is 12.5 Å². The number of carbonyl (C=O) groups is 1. The fourth-order valence-corrected chi connectivity index (χ4v) is 4.79. The molecule has 1 amide bonds. The van der Waals surface area contributed by atoms with Gasteiger partial charge in [0.1, 0.15) is 5.82 Å². The summed E-state index contributed by atoms with van der Waals surface area (Å²) in [5.74, 6) is -0.193. The first kappa shape index (κ1) is 21.0. The Kier molecular flexibility index (Phi) is 6.49. The molecule has 7 heteroatoms. The van der Waals surface area contributed by atoms with Gasteiger partial charge in [0.25, 0.3) is 0 Å². The zero-order valence-corrected chi connectivity index (χ0v) is 17.8. The van der Waals surface area contributed by atoms with Crippen molar-refractivity contribution >= 4 is 5.91 Å². The van der Waals surface area contributed by atoms with Crippen molar-refractivity contribution in [1.29, 1.82) is 0 Å². The molecule has 0 bridgehead atoms. The average Bonchev–Trinajstić information content (AvgIpc) is 3.29. The fraction of sp³-hybridized carbons (Fsp3) is 0.565. The second kappa shape index (κ2) is 9.27. The number of halogens is 1. The van der Waals surface area contributed by atoms with Crippen LogP contribution in [0.1, 0.15) is 43.7 Å². The zero-order valence-electron chi connectivity index (χ0n) is 17.8. The van der Waals surface area contributed by atoms with Crippen LogP contribution < -0.4 is 5.32 Å². The highest BCUT2D eigenvalue weighted by molar-refractivity contribution is 5.77. The Hall–Kier alpha value is -2.25. The lowest BCUT2D eigenvalue weighted by Gasteiger charge is -2.42. The molecule has 2 fully saturated rings. The Morgan fingerprint density at radius 2 is 2.00 bits per heavy atom. The van der Waals surface area contributed by atoms with E-state index in [1.807, 2.05) is 24.8 Å². The van der Waals surface area contributed by atoms with E-state index in [9.17, 15) is 9.18 Å². The van der Waals surface area contributed by atoms with Gasteiger partial charge in [-0.05, 0) is 50.4 Å². The first-order valence-electron chi connectivity index (χ1n) is 11.0. The van der Waals surface area contributed by atoms with Crippen molar-refractivity contribution in [3.8, 4) is 0 Å². The van der Waals surface area contributed by atoms with Crippen LogP contribution in [0.3, 0.4) is 0 Å². The van der Waals surface area contributed by atoms with E-state index >= 15 is 0 Å². The molecule has 6 nitrogen and oxygen atoms in total. The van der Waals surface area contributed by atoms with E-state index in [-0.39, 0.29) is 11.7 Å². The number of nitrogens with one attached hydrogen (secondary N) is 1. The Bertz CT molecular complexity index is 824. The fourth-order valence-electron chi connectivity index (χ4n) is 4.79. The molecule has 0 aliphatic carbocycles. The lowest BCUT2D eigenvalue weighted by molar-refractivity contribution is -0.124. The van der Waals surface area contributed by atoms with Crippen LogP contribution in [0.15, 0.2) is 43.0 Å². The highest BCUT2D eigenvalue weighted by Crippen LogP contribution is 2.33. The third kappa shape index (κ3) is 4.90. The predicted octanol–water partition coefficient (Wildman–Crippen LogP) is 2.79. The molecule has 2 saturated heterocycles. The van der Waals surface area contributed by atoms with E-state index in [0.717, 1.165) is 64.0 Å². The van der Waals surface area contributed by atoms with Gasteiger partial charge in [0.05, 0.1) is 11.9 Å². The van der Waals surface area contributed by atoms with Crippen LogP contribution in [0.25, 0.3) is 0 Å². The maximum absolute atomic E-state index is 13.9. The van der Waals surface area contributed by atoms with Crippen LogP contribution in [0, 0.1) is 5.82 Å². The van der Waals surface area contributed by atoms with Crippen molar-refractivity contribution in [2.24, 2.45) is 0 Å². The largest absolute Gasteiger partial charge is 0.346 e. The van der Waals surface area contributed by atoms with Gasteiger partial charge in [0, 0.05) is 57.6 Å². The highest BCUT2D eigenvalue weighted by atomic mass is 19.1. The smallest absolute Gasteiger partial charge is 0.221 e. The first-order valence-corrected chi connectivity index (χ1v) is 11.0. The molecule has 3 heterocycles. The SMILES string of the molecule is CN1CCC(NC(=O)CCN2CCC(n3ccnc3)CC2)(c2cccc(F)c2)CC1. The topological polar surface area (TPSA) is 53.4 Å². The van der Waals surface area contributed by atoms with E-state index in [1.54, 1.807) is 12.1 Å². The summed E-state index contributed by atoms with van der Waals surface area (Å²) in [6, 6.07) is 7.22. The van der Waals surface area contributed by atoms with Crippen LogP contribution in [0.5, 0.6) is 0 Å². The number of rotatable bonds is 6. The number of amides is 1. The lowest BCUT2D eigenvalue weighted by atomic mass is 9.80. The van der Waals surface area contributed by atoms with E-state index < -0.39 is 5.54 Å². The maximum atomic E-state index is 13.9. The monoisotopic (exact) mass is 413 g/mol. The van der Waals surface area contributed by atoms with Gasteiger partial charge in [-0.3, -0.25) is 4.79 Å². The summed E-state index contributed by atoms with van der Waals surface area (Å²) in [4.78, 5) is 21.7. The van der Waals surface area contributed by atoms with Gasteiger partial charge in [-0.2, -0.15) is 0 Å². The first-order chi connectivity index (χ1) is 14.5. The zero-order chi connectivity index (χ0) is 21.0. The van der Waals surface area contributed by atoms with Crippen LogP contribution in [0.2, 0.25) is 0 Å². The third-order valence-electron chi connectivity index (χ3n) is 6.76. The van der Waals surface area contributed by atoms with E-state index in [2.05, 4.69) is 31.7 Å². The van der Waals surface area contributed by atoms with Crippen LogP contribution in [-0.4, -0.2) is 65.0 Å². The van der Waals surface area contributed by atoms with Crippen molar-refractivity contribution in [1.82, 2.24) is 24.7 Å². The molecular weight excluding hydrogens is 381 g/mol. The number of carbonyl (C=O) groups excluding carboxylic acids is 1. The van der Waals surface area contributed by atoms with Gasteiger partial charge in [-0.25, -0.2) is 9.37 Å².